The molecule has 12 heavy (non-hydrogen) atoms. The summed E-state index contributed by atoms with van der Waals surface area (Å²) in [5, 5.41) is 6.15. The normalized spacial score (nSPS) is 37.2. The number of carbonyl (C=O) groups excluding carboxylic acids is 1. The molecule has 0 unspecified atom stereocenters. The Balaban J connectivity index is 2.20. The lowest BCUT2D eigenvalue weighted by Crippen LogP contribution is -2.57. The maximum atomic E-state index is 11.6. The molecule has 4 nitrogen and oxygen atoms in total. The van der Waals surface area contributed by atoms with Gasteiger partial charge in [-0.2, -0.15) is 0 Å². The van der Waals surface area contributed by atoms with E-state index in [2.05, 4.69) is 15.5 Å². The molecule has 0 aliphatic carbocycles. The van der Waals surface area contributed by atoms with Crippen molar-refractivity contribution in [3.63, 3.8) is 0 Å². The first-order valence-corrected chi connectivity index (χ1v) is 4.46. The smallest absolute Gasteiger partial charge is 0.242 e. The van der Waals surface area contributed by atoms with Crippen LogP contribution in [0.5, 0.6) is 0 Å². The van der Waals surface area contributed by atoms with Gasteiger partial charge in [-0.05, 0) is 26.4 Å². The summed E-state index contributed by atoms with van der Waals surface area (Å²) in [5.74, 6) is 0.192. The van der Waals surface area contributed by atoms with E-state index in [4.69, 9.17) is 0 Å². The number of likely N-dealkylation sites (N-methyl/N-ethyl adjacent to an activating group) is 1. The Hall–Kier alpha value is -0.610. The highest BCUT2D eigenvalue weighted by atomic mass is 16.2. The summed E-state index contributed by atoms with van der Waals surface area (Å²) >= 11 is 0. The van der Waals surface area contributed by atoms with Crippen molar-refractivity contribution < 1.29 is 4.79 Å². The molecule has 2 saturated heterocycles. The average Bonchev–Trinajstić information content (AvgIpc) is 2.36. The fourth-order valence-electron chi connectivity index (χ4n) is 2.09. The van der Waals surface area contributed by atoms with Gasteiger partial charge in [0.1, 0.15) is 5.54 Å². The van der Waals surface area contributed by atoms with Gasteiger partial charge in [0.15, 0.2) is 0 Å². The number of amides is 1. The van der Waals surface area contributed by atoms with E-state index in [0.29, 0.717) is 6.67 Å². The maximum Gasteiger partial charge on any atom is 0.242 e. The molecule has 1 atom stereocenters. The Bertz CT molecular complexity index is 198. The first-order chi connectivity index (χ1) is 5.76. The number of hydrogen-bond acceptors (Lipinski definition) is 3. The minimum absolute atomic E-state index is 0.192. The number of nitrogens with one attached hydrogen (secondary N) is 2. The highest BCUT2D eigenvalue weighted by Gasteiger charge is 2.47. The monoisotopic (exact) mass is 169 g/mol. The molecule has 0 aromatic rings. The lowest BCUT2D eigenvalue weighted by atomic mass is 9.89. The van der Waals surface area contributed by atoms with Crippen molar-refractivity contribution in [1.82, 2.24) is 15.5 Å². The van der Waals surface area contributed by atoms with Crippen LogP contribution >= 0.6 is 0 Å². The third-order valence-corrected chi connectivity index (χ3v) is 2.99. The highest BCUT2D eigenvalue weighted by molar-refractivity contribution is 5.88. The fourth-order valence-corrected chi connectivity index (χ4v) is 2.09. The third-order valence-electron chi connectivity index (χ3n) is 2.99. The van der Waals surface area contributed by atoms with Crippen molar-refractivity contribution >= 4 is 5.91 Å². The number of nitrogens with zero attached hydrogens (tertiary/aromatic N) is 1. The van der Waals surface area contributed by atoms with Gasteiger partial charge >= 0.3 is 0 Å². The van der Waals surface area contributed by atoms with Gasteiger partial charge in [0.2, 0.25) is 5.91 Å². The first kappa shape index (κ1) is 8.01. The van der Waals surface area contributed by atoms with E-state index in [1.807, 2.05) is 7.05 Å². The van der Waals surface area contributed by atoms with Crippen molar-refractivity contribution in [1.29, 1.82) is 0 Å². The number of hydrogen-bond donors (Lipinski definition) is 2. The molecule has 0 aromatic carbocycles. The van der Waals surface area contributed by atoms with Gasteiger partial charge in [-0.1, -0.05) is 0 Å². The summed E-state index contributed by atoms with van der Waals surface area (Å²) in [7, 11) is 2.00. The molecule has 1 amide bonds. The Morgan fingerprint density at radius 2 is 2.42 bits per heavy atom. The van der Waals surface area contributed by atoms with Crippen molar-refractivity contribution in [3.8, 4) is 0 Å². The molecule has 68 valence electrons. The molecule has 0 radical (unpaired) electrons. The summed E-state index contributed by atoms with van der Waals surface area (Å²) in [6.45, 7) is 2.54. The van der Waals surface area contributed by atoms with Crippen LogP contribution in [0.15, 0.2) is 0 Å². The van der Waals surface area contributed by atoms with E-state index in [0.717, 1.165) is 25.9 Å². The number of rotatable bonds is 0. The minimum atomic E-state index is -0.238. The fraction of sp³-hybridized carbons (Fsp3) is 0.875. The number of carbonyl (C=O) groups is 1. The van der Waals surface area contributed by atoms with Gasteiger partial charge in [-0.3, -0.25) is 9.69 Å². The maximum absolute atomic E-state index is 11.6. The van der Waals surface area contributed by atoms with Gasteiger partial charge in [0.05, 0.1) is 6.67 Å². The lowest BCUT2D eigenvalue weighted by Gasteiger charge is -2.36. The second-order valence-electron chi connectivity index (χ2n) is 3.67. The summed E-state index contributed by atoms with van der Waals surface area (Å²) in [6, 6.07) is 0. The third kappa shape index (κ3) is 0.949. The van der Waals surface area contributed by atoms with Crippen LogP contribution in [0.4, 0.5) is 0 Å². The molecule has 2 fully saturated rings. The lowest BCUT2D eigenvalue weighted by molar-refractivity contribution is -0.127. The van der Waals surface area contributed by atoms with Crippen LogP contribution in [0, 0.1) is 0 Å². The van der Waals surface area contributed by atoms with Crippen molar-refractivity contribution in [2.45, 2.75) is 18.4 Å². The molecule has 2 N–H and O–H groups in total. The Labute approximate surface area is 72.3 Å². The molecule has 1 spiro atoms. The zero-order chi connectivity index (χ0) is 8.60. The van der Waals surface area contributed by atoms with E-state index in [9.17, 15) is 4.79 Å². The van der Waals surface area contributed by atoms with Crippen LogP contribution in [-0.2, 0) is 4.79 Å². The Morgan fingerprint density at radius 1 is 1.58 bits per heavy atom. The molecular formula is C8H15N3O. The highest BCUT2D eigenvalue weighted by Crippen LogP contribution is 2.25. The van der Waals surface area contributed by atoms with Crippen molar-refractivity contribution in [2.24, 2.45) is 0 Å². The average molecular weight is 169 g/mol. The summed E-state index contributed by atoms with van der Waals surface area (Å²) < 4.78 is 0. The van der Waals surface area contributed by atoms with Gasteiger partial charge in [-0.15, -0.1) is 0 Å². The zero-order valence-corrected chi connectivity index (χ0v) is 7.39. The summed E-state index contributed by atoms with van der Waals surface area (Å²) in [6.07, 6.45) is 2.08. The summed E-state index contributed by atoms with van der Waals surface area (Å²) in [4.78, 5) is 13.7. The van der Waals surface area contributed by atoms with Gasteiger partial charge < -0.3 is 10.6 Å². The molecule has 2 aliphatic rings. The quantitative estimate of drug-likeness (QED) is 0.495. The largest absolute Gasteiger partial charge is 0.342 e. The summed E-state index contributed by atoms with van der Waals surface area (Å²) in [5.41, 5.74) is -0.238. The van der Waals surface area contributed by atoms with Crippen LogP contribution < -0.4 is 10.6 Å². The van der Waals surface area contributed by atoms with Gasteiger partial charge in [0.25, 0.3) is 0 Å². The molecule has 0 bridgehead atoms. The zero-order valence-electron chi connectivity index (χ0n) is 7.39. The van der Waals surface area contributed by atoms with E-state index in [1.165, 1.54) is 0 Å². The molecule has 0 saturated carbocycles. The van der Waals surface area contributed by atoms with Crippen LogP contribution in [0.25, 0.3) is 0 Å². The topological polar surface area (TPSA) is 44.4 Å². The van der Waals surface area contributed by atoms with Crippen molar-refractivity contribution in [2.75, 3.05) is 26.8 Å². The number of piperidine rings is 1. The molecule has 4 heteroatoms. The molecule has 2 heterocycles. The second-order valence-corrected chi connectivity index (χ2v) is 3.67. The minimum Gasteiger partial charge on any atom is -0.342 e. The predicted octanol–water partition coefficient (Wildman–Crippen LogP) is -0.872. The van der Waals surface area contributed by atoms with Crippen LogP contribution in [0.3, 0.4) is 0 Å². The Kier molecular flexibility index (Phi) is 1.81. The van der Waals surface area contributed by atoms with E-state index in [1.54, 1.807) is 0 Å². The second kappa shape index (κ2) is 2.71. The molecular weight excluding hydrogens is 154 g/mol. The van der Waals surface area contributed by atoms with E-state index in [-0.39, 0.29) is 11.4 Å². The molecule has 2 aliphatic heterocycles. The van der Waals surface area contributed by atoms with Crippen LogP contribution in [0.1, 0.15) is 12.8 Å². The standard InChI is InChI=1S/C8H15N3O/c1-11-6-10-7(12)8(11)3-2-4-9-5-8/h9H,2-6H2,1H3,(H,10,12)/t8-/m1/s1. The molecule has 2 rings (SSSR count). The van der Waals surface area contributed by atoms with Gasteiger partial charge in [0, 0.05) is 6.54 Å². The SMILES string of the molecule is CN1CNC(=O)[C@]12CCCNC2. The van der Waals surface area contributed by atoms with Crippen molar-refractivity contribution in [3.05, 3.63) is 0 Å². The van der Waals surface area contributed by atoms with Crippen LogP contribution in [-0.4, -0.2) is 43.2 Å². The van der Waals surface area contributed by atoms with E-state index < -0.39 is 0 Å². The van der Waals surface area contributed by atoms with Gasteiger partial charge in [-0.25, -0.2) is 0 Å². The van der Waals surface area contributed by atoms with Crippen LogP contribution in [0.2, 0.25) is 0 Å². The molecule has 0 aromatic heterocycles. The predicted molar refractivity (Wildman–Crippen MR) is 45.6 cm³/mol. The first-order valence-electron chi connectivity index (χ1n) is 4.46. The van der Waals surface area contributed by atoms with E-state index >= 15 is 0 Å². The Morgan fingerprint density at radius 3 is 2.92 bits per heavy atom.